The first-order chi connectivity index (χ1) is 15.5. The summed E-state index contributed by atoms with van der Waals surface area (Å²) >= 11 is 1.35. The van der Waals surface area contributed by atoms with E-state index in [2.05, 4.69) is 19.1 Å². The van der Waals surface area contributed by atoms with Gasteiger partial charge in [-0.25, -0.2) is 0 Å². The summed E-state index contributed by atoms with van der Waals surface area (Å²) in [6.45, 7) is 4.15. The lowest BCUT2D eigenvalue weighted by atomic mass is 9.80. The summed E-state index contributed by atoms with van der Waals surface area (Å²) in [6, 6.07) is 26.2. The van der Waals surface area contributed by atoms with E-state index in [0.29, 0.717) is 6.61 Å². The summed E-state index contributed by atoms with van der Waals surface area (Å²) in [5.41, 5.74) is 2.21. The minimum absolute atomic E-state index is 0.122. The van der Waals surface area contributed by atoms with Crippen molar-refractivity contribution in [2.24, 2.45) is 0 Å². The lowest BCUT2D eigenvalue weighted by molar-refractivity contribution is -0.109. The van der Waals surface area contributed by atoms with E-state index in [0.717, 1.165) is 34.6 Å². The molecule has 0 aliphatic rings. The maximum Gasteiger partial charge on any atom is 0.186 e. The molecule has 1 atom stereocenters. The van der Waals surface area contributed by atoms with Crippen LogP contribution in [0.15, 0.2) is 78.9 Å². The smallest absolute Gasteiger partial charge is 0.186 e. The van der Waals surface area contributed by atoms with E-state index in [4.69, 9.17) is 14.2 Å². The molecule has 0 aliphatic heterocycles. The van der Waals surface area contributed by atoms with E-state index in [9.17, 15) is 4.79 Å². The molecule has 3 aromatic rings. The predicted octanol–water partition coefficient (Wildman–Crippen LogP) is 6.07. The summed E-state index contributed by atoms with van der Waals surface area (Å²) in [6.07, 6.45) is 0.755. The molecule has 32 heavy (non-hydrogen) atoms. The zero-order chi connectivity index (χ0) is 23.0. The highest BCUT2D eigenvalue weighted by atomic mass is 32.2. The molecule has 0 saturated carbocycles. The normalized spacial score (nSPS) is 12.2. The molecule has 1 unspecified atom stereocenters. The number of hydrogen-bond donors (Lipinski definition) is 0. The van der Waals surface area contributed by atoms with Crippen molar-refractivity contribution in [1.82, 2.24) is 0 Å². The molecule has 0 fully saturated rings. The monoisotopic (exact) mass is 450 g/mol. The highest BCUT2D eigenvalue weighted by molar-refractivity contribution is 8.14. The average molecular weight is 451 g/mol. The second-order valence-corrected chi connectivity index (χ2v) is 9.18. The standard InChI is InChI=1S/C27H30O4S/c1-20(32-21(2)28)18-19-31-27(22-8-6-5-7-9-22,23-10-14-25(29-3)15-11-23)24-12-16-26(30-4)17-13-24/h5-17,20H,18-19H2,1-4H3. The molecule has 168 valence electrons. The summed E-state index contributed by atoms with van der Waals surface area (Å²) in [7, 11) is 3.32. The average Bonchev–Trinajstić information content (AvgIpc) is 2.82. The first kappa shape index (κ1) is 23.9. The highest BCUT2D eigenvalue weighted by Crippen LogP contribution is 2.42. The second kappa shape index (κ2) is 11.2. The molecule has 0 radical (unpaired) electrons. The third-order valence-electron chi connectivity index (χ3n) is 5.38. The SMILES string of the molecule is COc1ccc(C(OCCC(C)SC(C)=O)(c2ccccc2)c2ccc(OC)cc2)cc1. The highest BCUT2D eigenvalue weighted by Gasteiger charge is 2.37. The Balaban J connectivity index is 2.09. The van der Waals surface area contributed by atoms with E-state index in [1.165, 1.54) is 11.8 Å². The van der Waals surface area contributed by atoms with Crippen molar-refractivity contribution < 1.29 is 19.0 Å². The van der Waals surface area contributed by atoms with Crippen molar-refractivity contribution in [3.05, 3.63) is 95.6 Å². The van der Waals surface area contributed by atoms with E-state index < -0.39 is 5.60 Å². The fourth-order valence-corrected chi connectivity index (χ4v) is 4.58. The molecule has 0 spiro atoms. The lowest BCUT2D eigenvalue weighted by Crippen LogP contribution is -2.33. The fraction of sp³-hybridized carbons (Fsp3) is 0.296. The van der Waals surface area contributed by atoms with Gasteiger partial charge in [-0.05, 0) is 47.4 Å². The maximum atomic E-state index is 11.5. The van der Waals surface area contributed by atoms with Crippen molar-refractivity contribution in [1.29, 1.82) is 0 Å². The maximum absolute atomic E-state index is 11.5. The van der Waals surface area contributed by atoms with Crippen LogP contribution in [-0.4, -0.2) is 31.2 Å². The Labute approximate surface area is 194 Å². The third kappa shape index (κ3) is 5.53. The summed E-state index contributed by atoms with van der Waals surface area (Å²) in [5, 5.41) is 0.296. The van der Waals surface area contributed by atoms with E-state index in [1.54, 1.807) is 21.1 Å². The van der Waals surface area contributed by atoms with Crippen LogP contribution in [-0.2, 0) is 15.1 Å². The van der Waals surface area contributed by atoms with Gasteiger partial charge in [0.2, 0.25) is 0 Å². The van der Waals surface area contributed by atoms with Crippen LogP contribution < -0.4 is 9.47 Å². The number of rotatable bonds is 10. The molecular formula is C27H30O4S. The van der Waals surface area contributed by atoms with Gasteiger partial charge in [-0.3, -0.25) is 4.79 Å². The van der Waals surface area contributed by atoms with Crippen molar-refractivity contribution in [3.8, 4) is 11.5 Å². The van der Waals surface area contributed by atoms with Crippen LogP contribution >= 0.6 is 11.8 Å². The quantitative estimate of drug-likeness (QED) is 0.351. The number of ether oxygens (including phenoxy) is 3. The second-order valence-electron chi connectivity index (χ2n) is 7.56. The van der Waals surface area contributed by atoms with Gasteiger partial charge in [-0.1, -0.05) is 73.3 Å². The Morgan fingerprint density at radius 3 is 1.72 bits per heavy atom. The number of carbonyl (C=O) groups excluding carboxylic acids is 1. The summed E-state index contributed by atoms with van der Waals surface area (Å²) < 4.78 is 17.5. The predicted molar refractivity (Wildman–Crippen MR) is 131 cm³/mol. The first-order valence-electron chi connectivity index (χ1n) is 10.7. The van der Waals surface area contributed by atoms with Gasteiger partial charge in [-0.15, -0.1) is 0 Å². The molecule has 0 amide bonds. The van der Waals surface area contributed by atoms with Gasteiger partial charge in [0.15, 0.2) is 5.12 Å². The molecule has 3 rings (SSSR count). The minimum Gasteiger partial charge on any atom is -0.497 e. The Bertz CT molecular complexity index is 937. The zero-order valence-electron chi connectivity index (χ0n) is 19.0. The van der Waals surface area contributed by atoms with Crippen LogP contribution in [0.1, 0.15) is 37.0 Å². The van der Waals surface area contributed by atoms with E-state index in [1.807, 2.05) is 66.7 Å². The van der Waals surface area contributed by atoms with Crippen LogP contribution in [0.3, 0.4) is 0 Å². The fourth-order valence-electron chi connectivity index (χ4n) is 3.79. The number of carbonyl (C=O) groups is 1. The van der Waals surface area contributed by atoms with Gasteiger partial charge in [0.25, 0.3) is 0 Å². The van der Waals surface area contributed by atoms with Crippen molar-refractivity contribution >= 4 is 16.9 Å². The van der Waals surface area contributed by atoms with Gasteiger partial charge in [0.05, 0.1) is 14.2 Å². The van der Waals surface area contributed by atoms with Crippen LogP contribution in [0, 0.1) is 0 Å². The Hall–Kier alpha value is -2.76. The minimum atomic E-state index is -0.819. The zero-order valence-corrected chi connectivity index (χ0v) is 19.9. The summed E-state index contributed by atoms with van der Waals surface area (Å²) in [5.74, 6) is 1.58. The Kier molecular flexibility index (Phi) is 8.37. The van der Waals surface area contributed by atoms with Crippen LogP contribution in [0.2, 0.25) is 0 Å². The van der Waals surface area contributed by atoms with Crippen LogP contribution in [0.5, 0.6) is 11.5 Å². The molecule has 0 aliphatic carbocycles. The summed E-state index contributed by atoms with van der Waals surface area (Å²) in [4.78, 5) is 11.5. The number of thioether (sulfide) groups is 1. The Morgan fingerprint density at radius 1 is 0.812 bits per heavy atom. The third-order valence-corrected chi connectivity index (χ3v) is 6.35. The van der Waals surface area contributed by atoms with Gasteiger partial charge in [-0.2, -0.15) is 0 Å². The number of methoxy groups -OCH3 is 2. The van der Waals surface area contributed by atoms with Crippen molar-refractivity contribution in [3.63, 3.8) is 0 Å². The van der Waals surface area contributed by atoms with Gasteiger partial charge in [0.1, 0.15) is 17.1 Å². The molecule has 5 heteroatoms. The van der Waals surface area contributed by atoms with Crippen molar-refractivity contribution in [2.75, 3.05) is 20.8 Å². The molecule has 0 heterocycles. The topological polar surface area (TPSA) is 44.8 Å². The largest absolute Gasteiger partial charge is 0.497 e. The Morgan fingerprint density at radius 2 is 1.28 bits per heavy atom. The number of benzene rings is 3. The van der Waals surface area contributed by atoms with E-state index in [-0.39, 0.29) is 10.4 Å². The molecule has 4 nitrogen and oxygen atoms in total. The van der Waals surface area contributed by atoms with Crippen LogP contribution in [0.25, 0.3) is 0 Å². The lowest BCUT2D eigenvalue weighted by Gasteiger charge is -2.36. The van der Waals surface area contributed by atoms with Crippen LogP contribution in [0.4, 0.5) is 0 Å². The molecular weight excluding hydrogens is 420 g/mol. The first-order valence-corrected chi connectivity index (χ1v) is 11.5. The molecule has 3 aromatic carbocycles. The van der Waals surface area contributed by atoms with Gasteiger partial charge in [0, 0.05) is 18.8 Å². The molecule has 0 bridgehead atoms. The number of hydrogen-bond acceptors (Lipinski definition) is 5. The molecule has 0 N–H and O–H groups in total. The van der Waals surface area contributed by atoms with Gasteiger partial charge >= 0.3 is 0 Å². The van der Waals surface area contributed by atoms with Gasteiger partial charge < -0.3 is 14.2 Å². The van der Waals surface area contributed by atoms with E-state index >= 15 is 0 Å². The molecule has 0 saturated heterocycles. The molecule has 0 aromatic heterocycles. The van der Waals surface area contributed by atoms with Crippen molar-refractivity contribution in [2.45, 2.75) is 31.1 Å².